The average Bonchev–Trinajstić information content (AvgIpc) is 3.10. The highest BCUT2D eigenvalue weighted by Gasteiger charge is 2.19. The number of nitrogens with zero attached hydrogens (tertiary/aromatic N) is 2. The first kappa shape index (κ1) is 18.1. The maximum atomic E-state index is 12.9. The maximum absolute atomic E-state index is 12.9. The van der Waals surface area contributed by atoms with Gasteiger partial charge in [0.25, 0.3) is 5.91 Å². The Balaban J connectivity index is 1.74. The first-order valence-corrected chi connectivity index (χ1v) is 9.44. The molecular weight excluding hydrogens is 346 g/mol. The number of aromatic nitrogens is 1. The van der Waals surface area contributed by atoms with E-state index in [2.05, 4.69) is 10.3 Å². The summed E-state index contributed by atoms with van der Waals surface area (Å²) < 4.78 is 0.969. The minimum atomic E-state index is -0.194. The number of anilines is 1. The van der Waals surface area contributed by atoms with Gasteiger partial charge in [0, 0.05) is 17.8 Å². The molecule has 2 amide bonds. The summed E-state index contributed by atoms with van der Waals surface area (Å²) in [5.74, 6) is -0.331. The number of hydrogen-bond donors (Lipinski definition) is 1. The number of nitrogens with one attached hydrogen (secondary N) is 1. The molecule has 0 saturated heterocycles. The van der Waals surface area contributed by atoms with Crippen LogP contribution in [0.5, 0.6) is 0 Å². The molecule has 0 atom stereocenters. The number of rotatable bonds is 6. The highest BCUT2D eigenvalue weighted by atomic mass is 32.1. The van der Waals surface area contributed by atoms with E-state index in [9.17, 15) is 9.59 Å². The summed E-state index contributed by atoms with van der Waals surface area (Å²) in [4.78, 5) is 31.2. The Hall–Kier alpha value is -2.73. The summed E-state index contributed by atoms with van der Waals surface area (Å²) in [6.07, 6.45) is 0.784. The number of carbonyl (C=O) groups excluding carboxylic acids is 2. The lowest BCUT2D eigenvalue weighted by Crippen LogP contribution is -2.38. The lowest BCUT2D eigenvalue weighted by atomic mass is 10.1. The highest BCUT2D eigenvalue weighted by molar-refractivity contribution is 7.16. The van der Waals surface area contributed by atoms with Gasteiger partial charge in [-0.2, -0.15) is 0 Å². The van der Waals surface area contributed by atoms with Gasteiger partial charge in [-0.15, -0.1) is 11.3 Å². The summed E-state index contributed by atoms with van der Waals surface area (Å²) in [7, 11) is 0. The van der Waals surface area contributed by atoms with Crippen LogP contribution in [0.15, 0.2) is 48.0 Å². The molecule has 0 unspecified atom stereocenters. The van der Waals surface area contributed by atoms with Crippen LogP contribution in [-0.2, 0) is 4.79 Å². The number of benzene rings is 2. The van der Waals surface area contributed by atoms with Gasteiger partial charge in [0.2, 0.25) is 5.91 Å². The molecule has 0 fully saturated rings. The van der Waals surface area contributed by atoms with Crippen molar-refractivity contribution >= 4 is 39.1 Å². The van der Waals surface area contributed by atoms with E-state index in [1.807, 2.05) is 50.2 Å². The summed E-state index contributed by atoms with van der Waals surface area (Å²) in [6.45, 7) is 4.49. The molecule has 1 heterocycles. The summed E-state index contributed by atoms with van der Waals surface area (Å²) in [5, 5.41) is 2.89. The summed E-state index contributed by atoms with van der Waals surface area (Å²) >= 11 is 1.50. The average molecular weight is 367 g/mol. The molecule has 26 heavy (non-hydrogen) atoms. The first-order valence-electron chi connectivity index (χ1n) is 8.56. The lowest BCUT2D eigenvalue weighted by molar-refractivity contribution is -0.116. The Bertz CT molecular complexity index is 935. The van der Waals surface area contributed by atoms with E-state index in [-0.39, 0.29) is 18.4 Å². The topological polar surface area (TPSA) is 62.3 Å². The van der Waals surface area contributed by atoms with Crippen molar-refractivity contribution in [1.82, 2.24) is 9.88 Å². The Morgan fingerprint density at radius 1 is 1.19 bits per heavy atom. The van der Waals surface area contributed by atoms with Crippen molar-refractivity contribution in [2.24, 2.45) is 0 Å². The Morgan fingerprint density at radius 3 is 2.77 bits per heavy atom. The molecule has 0 radical (unpaired) electrons. The molecule has 1 N–H and O–H groups in total. The fraction of sp³-hybridized carbons (Fsp3) is 0.250. The Labute approximate surface area is 156 Å². The van der Waals surface area contributed by atoms with Gasteiger partial charge >= 0.3 is 0 Å². The zero-order valence-electron chi connectivity index (χ0n) is 14.9. The molecule has 0 aliphatic heterocycles. The van der Waals surface area contributed by atoms with E-state index in [1.165, 1.54) is 11.3 Å². The predicted molar refractivity (Wildman–Crippen MR) is 106 cm³/mol. The second kappa shape index (κ2) is 8.10. The molecule has 0 bridgehead atoms. The molecular formula is C20H21N3O2S. The van der Waals surface area contributed by atoms with Crippen molar-refractivity contribution in [1.29, 1.82) is 0 Å². The molecule has 5 nitrogen and oxygen atoms in total. The van der Waals surface area contributed by atoms with Crippen molar-refractivity contribution in [3.05, 3.63) is 59.1 Å². The van der Waals surface area contributed by atoms with Gasteiger partial charge < -0.3 is 10.2 Å². The van der Waals surface area contributed by atoms with Gasteiger partial charge in [-0.25, -0.2) is 4.98 Å². The van der Waals surface area contributed by atoms with Gasteiger partial charge in [-0.05, 0) is 43.2 Å². The molecule has 0 spiro atoms. The van der Waals surface area contributed by atoms with Crippen LogP contribution in [0.4, 0.5) is 5.69 Å². The number of fused-ring (bicyclic) bond motifs is 1. The fourth-order valence-corrected chi connectivity index (χ4v) is 3.49. The summed E-state index contributed by atoms with van der Waals surface area (Å²) in [6, 6.07) is 13.1. The molecule has 3 aromatic rings. The number of thiazole rings is 1. The molecule has 2 aromatic carbocycles. The second-order valence-electron chi connectivity index (χ2n) is 6.12. The standard InChI is InChI=1S/C20H21N3O2S/c1-3-10-23(12-19(24)22-16-7-5-4-6-14(16)2)20(25)15-8-9-17-18(11-15)26-13-21-17/h4-9,11,13H,3,10,12H2,1-2H3,(H,22,24). The summed E-state index contributed by atoms with van der Waals surface area (Å²) in [5.41, 5.74) is 4.99. The van der Waals surface area contributed by atoms with E-state index in [4.69, 9.17) is 0 Å². The zero-order chi connectivity index (χ0) is 18.5. The van der Waals surface area contributed by atoms with Crippen LogP contribution in [-0.4, -0.2) is 34.8 Å². The predicted octanol–water partition coefficient (Wildman–Crippen LogP) is 4.10. The minimum absolute atomic E-state index is 0.0295. The van der Waals surface area contributed by atoms with Crippen molar-refractivity contribution < 1.29 is 9.59 Å². The van der Waals surface area contributed by atoms with Gasteiger partial charge in [0.05, 0.1) is 15.7 Å². The molecule has 0 aliphatic rings. The van der Waals surface area contributed by atoms with Crippen LogP contribution >= 0.6 is 11.3 Å². The number of amides is 2. The lowest BCUT2D eigenvalue weighted by Gasteiger charge is -2.22. The molecule has 0 saturated carbocycles. The first-order chi connectivity index (χ1) is 12.6. The van der Waals surface area contributed by atoms with Crippen molar-refractivity contribution in [2.45, 2.75) is 20.3 Å². The molecule has 0 aliphatic carbocycles. The number of para-hydroxylation sites is 1. The van der Waals surface area contributed by atoms with E-state index in [1.54, 1.807) is 16.5 Å². The smallest absolute Gasteiger partial charge is 0.254 e. The van der Waals surface area contributed by atoms with Gasteiger partial charge in [0.15, 0.2) is 0 Å². The molecule has 1 aromatic heterocycles. The van der Waals surface area contributed by atoms with E-state index < -0.39 is 0 Å². The maximum Gasteiger partial charge on any atom is 0.254 e. The normalized spacial score (nSPS) is 10.7. The SMILES string of the molecule is CCCN(CC(=O)Nc1ccccc1C)C(=O)c1ccc2ncsc2c1. The van der Waals surface area contributed by atoms with Crippen LogP contribution < -0.4 is 5.32 Å². The quantitative estimate of drug-likeness (QED) is 0.714. The third-order valence-corrected chi connectivity index (χ3v) is 4.90. The monoisotopic (exact) mass is 367 g/mol. The molecule has 6 heteroatoms. The third-order valence-electron chi connectivity index (χ3n) is 4.11. The Kier molecular flexibility index (Phi) is 5.63. The van der Waals surface area contributed by atoms with E-state index in [0.29, 0.717) is 12.1 Å². The zero-order valence-corrected chi connectivity index (χ0v) is 15.7. The fourth-order valence-electron chi connectivity index (χ4n) is 2.77. The largest absolute Gasteiger partial charge is 0.329 e. The van der Waals surface area contributed by atoms with Gasteiger partial charge in [-0.3, -0.25) is 9.59 Å². The minimum Gasteiger partial charge on any atom is -0.329 e. The molecule has 134 valence electrons. The second-order valence-corrected chi connectivity index (χ2v) is 7.01. The van der Waals surface area contributed by atoms with Crippen LogP contribution in [0.2, 0.25) is 0 Å². The van der Waals surface area contributed by atoms with Crippen molar-refractivity contribution in [3.63, 3.8) is 0 Å². The van der Waals surface area contributed by atoms with Crippen LogP contribution in [0.3, 0.4) is 0 Å². The van der Waals surface area contributed by atoms with Gasteiger partial charge in [0.1, 0.15) is 6.54 Å². The third kappa shape index (κ3) is 4.08. The van der Waals surface area contributed by atoms with Crippen LogP contribution in [0, 0.1) is 6.92 Å². The van der Waals surface area contributed by atoms with Gasteiger partial charge in [-0.1, -0.05) is 25.1 Å². The van der Waals surface area contributed by atoms with E-state index >= 15 is 0 Å². The molecule has 3 rings (SSSR count). The van der Waals surface area contributed by atoms with Crippen LogP contribution in [0.1, 0.15) is 29.3 Å². The van der Waals surface area contributed by atoms with Crippen molar-refractivity contribution in [3.8, 4) is 0 Å². The number of aryl methyl sites for hydroxylation is 1. The van der Waals surface area contributed by atoms with Crippen LogP contribution in [0.25, 0.3) is 10.2 Å². The number of carbonyl (C=O) groups is 2. The van der Waals surface area contributed by atoms with Crippen molar-refractivity contribution in [2.75, 3.05) is 18.4 Å². The van der Waals surface area contributed by atoms with E-state index in [0.717, 1.165) is 27.9 Å². The highest BCUT2D eigenvalue weighted by Crippen LogP contribution is 2.20. The Morgan fingerprint density at radius 2 is 2.00 bits per heavy atom. The number of hydrogen-bond acceptors (Lipinski definition) is 4.